The smallest absolute Gasteiger partial charge is 0.241 e. The summed E-state index contributed by atoms with van der Waals surface area (Å²) in [5, 5.41) is 9.71. The molecule has 20 heavy (non-hydrogen) atoms. The minimum atomic E-state index is -3.72. The first-order chi connectivity index (χ1) is 9.32. The molecular weight excluding hydrogens is 278 g/mol. The highest BCUT2D eigenvalue weighted by atomic mass is 32.2. The Morgan fingerprint density at radius 1 is 1.40 bits per heavy atom. The van der Waals surface area contributed by atoms with Crippen LogP contribution in [0.2, 0.25) is 0 Å². The second-order valence-electron chi connectivity index (χ2n) is 6.02. The maximum atomic E-state index is 11.7. The number of nitrogens with two attached hydrogens (primary N) is 1. The first kappa shape index (κ1) is 14.0. The molecule has 2 aliphatic rings. The zero-order chi connectivity index (χ0) is 14.5. The molecule has 1 atom stereocenters. The Morgan fingerprint density at radius 2 is 2.10 bits per heavy atom. The van der Waals surface area contributed by atoms with Crippen LogP contribution in [-0.4, -0.2) is 30.4 Å². The summed E-state index contributed by atoms with van der Waals surface area (Å²) in [6, 6.07) is 0.207. The number of nitrogens with zero attached hydrogens (tertiary/aromatic N) is 2. The van der Waals surface area contributed by atoms with Gasteiger partial charge in [0.2, 0.25) is 10.0 Å². The van der Waals surface area contributed by atoms with Crippen molar-refractivity contribution in [1.29, 1.82) is 0 Å². The number of aryl methyl sites for hydroxylation is 1. The van der Waals surface area contributed by atoms with E-state index in [1.807, 2.05) is 4.68 Å². The van der Waals surface area contributed by atoms with Gasteiger partial charge < -0.3 is 4.74 Å². The molecule has 0 amide bonds. The van der Waals surface area contributed by atoms with E-state index < -0.39 is 10.0 Å². The predicted octanol–water partition coefficient (Wildman–Crippen LogP) is 1.42. The topological polar surface area (TPSA) is 87.2 Å². The minimum absolute atomic E-state index is 0.0109. The molecule has 1 aliphatic heterocycles. The van der Waals surface area contributed by atoms with E-state index in [9.17, 15) is 8.42 Å². The van der Waals surface area contributed by atoms with Gasteiger partial charge in [-0.2, -0.15) is 5.10 Å². The van der Waals surface area contributed by atoms with Crippen molar-refractivity contribution >= 4 is 10.0 Å². The Labute approximate surface area is 119 Å². The van der Waals surface area contributed by atoms with Crippen LogP contribution in [-0.2, 0) is 14.8 Å². The van der Waals surface area contributed by atoms with E-state index >= 15 is 0 Å². The third-order valence-corrected chi connectivity index (χ3v) is 5.78. The van der Waals surface area contributed by atoms with E-state index in [1.54, 1.807) is 13.8 Å². The molecule has 7 heteroatoms. The fourth-order valence-electron chi connectivity index (χ4n) is 3.55. The summed E-state index contributed by atoms with van der Waals surface area (Å²) in [5.74, 6) is 0. The van der Waals surface area contributed by atoms with Crippen LogP contribution in [0.3, 0.4) is 0 Å². The molecule has 2 heterocycles. The van der Waals surface area contributed by atoms with Gasteiger partial charge in [0.1, 0.15) is 4.90 Å². The lowest BCUT2D eigenvalue weighted by molar-refractivity contribution is -0.141. The Morgan fingerprint density at radius 3 is 2.60 bits per heavy atom. The minimum Gasteiger partial charge on any atom is -0.375 e. The lowest BCUT2D eigenvalue weighted by Gasteiger charge is -2.47. The Bertz CT molecular complexity index is 632. The number of hydrogen-bond acceptors (Lipinski definition) is 4. The molecule has 1 aromatic rings. The van der Waals surface area contributed by atoms with Crippen LogP contribution in [0.15, 0.2) is 4.90 Å². The van der Waals surface area contributed by atoms with Gasteiger partial charge in [-0.25, -0.2) is 13.6 Å². The van der Waals surface area contributed by atoms with Crippen molar-refractivity contribution in [2.45, 2.75) is 62.5 Å². The second kappa shape index (κ2) is 4.54. The van der Waals surface area contributed by atoms with E-state index in [1.165, 1.54) is 6.42 Å². The van der Waals surface area contributed by atoms with Crippen molar-refractivity contribution in [1.82, 2.24) is 9.78 Å². The second-order valence-corrected chi connectivity index (χ2v) is 7.52. The van der Waals surface area contributed by atoms with Crippen molar-refractivity contribution in [3.63, 3.8) is 0 Å². The first-order valence-corrected chi connectivity index (χ1v) is 8.59. The average molecular weight is 299 g/mol. The number of hydrogen-bond donors (Lipinski definition) is 1. The van der Waals surface area contributed by atoms with E-state index in [-0.39, 0.29) is 16.5 Å². The first-order valence-electron chi connectivity index (χ1n) is 7.05. The molecule has 1 spiro atoms. The van der Waals surface area contributed by atoms with Crippen LogP contribution in [0.25, 0.3) is 0 Å². The Hall–Kier alpha value is -0.920. The van der Waals surface area contributed by atoms with Crippen molar-refractivity contribution in [3.05, 3.63) is 11.4 Å². The summed E-state index contributed by atoms with van der Waals surface area (Å²) < 4.78 is 31.1. The SMILES string of the molecule is Cc1nn(C2CCOC3(CCC3)C2)c(C)c1S(N)(=O)=O. The number of sulfonamides is 1. The molecule has 0 aromatic carbocycles. The summed E-state index contributed by atoms with van der Waals surface area (Å²) >= 11 is 0. The molecule has 1 saturated carbocycles. The summed E-state index contributed by atoms with van der Waals surface area (Å²) in [4.78, 5) is 0.173. The standard InChI is InChI=1S/C13H21N3O3S/c1-9-12(20(14,17)18)10(2)16(15-9)11-4-7-19-13(8-11)5-3-6-13/h11H,3-8H2,1-2H3,(H2,14,17,18). The van der Waals surface area contributed by atoms with Crippen LogP contribution in [0, 0.1) is 13.8 Å². The van der Waals surface area contributed by atoms with Crippen LogP contribution in [0.4, 0.5) is 0 Å². The van der Waals surface area contributed by atoms with Crippen molar-refractivity contribution in [3.8, 4) is 0 Å². The normalized spacial score (nSPS) is 25.6. The van der Waals surface area contributed by atoms with Gasteiger partial charge in [0.05, 0.1) is 23.0 Å². The van der Waals surface area contributed by atoms with Gasteiger partial charge in [-0.05, 0) is 46.0 Å². The van der Waals surface area contributed by atoms with E-state index in [2.05, 4.69) is 5.10 Å². The molecule has 112 valence electrons. The fraction of sp³-hybridized carbons (Fsp3) is 0.769. The van der Waals surface area contributed by atoms with Gasteiger partial charge in [0.25, 0.3) is 0 Å². The maximum absolute atomic E-state index is 11.7. The third-order valence-electron chi connectivity index (χ3n) is 4.62. The predicted molar refractivity (Wildman–Crippen MR) is 73.9 cm³/mol. The molecule has 3 rings (SSSR count). The molecule has 1 saturated heterocycles. The van der Waals surface area contributed by atoms with Gasteiger partial charge in [0, 0.05) is 6.61 Å². The zero-order valence-corrected chi connectivity index (χ0v) is 12.7. The zero-order valence-electron chi connectivity index (χ0n) is 11.9. The van der Waals surface area contributed by atoms with E-state index in [4.69, 9.17) is 9.88 Å². The Balaban J connectivity index is 1.95. The molecule has 1 aliphatic carbocycles. The van der Waals surface area contributed by atoms with Gasteiger partial charge in [-0.3, -0.25) is 4.68 Å². The molecule has 2 fully saturated rings. The number of ether oxygens (including phenoxy) is 1. The van der Waals surface area contributed by atoms with Crippen molar-refractivity contribution in [2.24, 2.45) is 5.14 Å². The average Bonchev–Trinajstić information content (AvgIpc) is 2.62. The van der Waals surface area contributed by atoms with Crippen molar-refractivity contribution in [2.75, 3.05) is 6.61 Å². The summed E-state index contributed by atoms with van der Waals surface area (Å²) in [6.45, 7) is 4.19. The van der Waals surface area contributed by atoms with Crippen LogP contribution < -0.4 is 5.14 Å². The molecular formula is C13H21N3O3S. The van der Waals surface area contributed by atoms with E-state index in [0.717, 1.165) is 25.7 Å². The van der Waals surface area contributed by atoms with Gasteiger partial charge >= 0.3 is 0 Å². The summed E-state index contributed by atoms with van der Waals surface area (Å²) in [7, 11) is -3.72. The largest absolute Gasteiger partial charge is 0.375 e. The van der Waals surface area contributed by atoms with E-state index in [0.29, 0.717) is 18.0 Å². The monoisotopic (exact) mass is 299 g/mol. The molecule has 6 nitrogen and oxygen atoms in total. The maximum Gasteiger partial charge on any atom is 0.241 e. The van der Waals surface area contributed by atoms with Crippen LogP contribution in [0.5, 0.6) is 0 Å². The summed E-state index contributed by atoms with van der Waals surface area (Å²) in [5.41, 5.74) is 1.14. The lowest BCUT2D eigenvalue weighted by atomic mass is 9.74. The molecule has 1 aromatic heterocycles. The lowest BCUT2D eigenvalue weighted by Crippen LogP contribution is -2.46. The molecule has 1 unspecified atom stereocenters. The van der Waals surface area contributed by atoms with Gasteiger partial charge in [-0.1, -0.05) is 0 Å². The number of aromatic nitrogens is 2. The third kappa shape index (κ3) is 2.17. The van der Waals surface area contributed by atoms with Crippen LogP contribution in [0.1, 0.15) is 49.5 Å². The Kier molecular flexibility index (Phi) is 3.19. The molecule has 2 N–H and O–H groups in total. The summed E-state index contributed by atoms with van der Waals surface area (Å²) in [6.07, 6.45) is 5.20. The highest BCUT2D eigenvalue weighted by molar-refractivity contribution is 7.89. The van der Waals surface area contributed by atoms with Crippen LogP contribution >= 0.6 is 0 Å². The highest BCUT2D eigenvalue weighted by Crippen LogP contribution is 2.46. The highest BCUT2D eigenvalue weighted by Gasteiger charge is 2.43. The van der Waals surface area contributed by atoms with Gasteiger partial charge in [-0.15, -0.1) is 0 Å². The molecule has 0 radical (unpaired) electrons. The number of rotatable bonds is 2. The number of primary sulfonamides is 1. The van der Waals surface area contributed by atoms with Gasteiger partial charge in [0.15, 0.2) is 0 Å². The van der Waals surface area contributed by atoms with Crippen molar-refractivity contribution < 1.29 is 13.2 Å². The quantitative estimate of drug-likeness (QED) is 0.894. The fourth-order valence-corrected chi connectivity index (χ4v) is 4.50. The molecule has 0 bridgehead atoms.